The van der Waals surface area contributed by atoms with Crippen molar-refractivity contribution >= 4 is 10.9 Å². The normalized spacial score (nSPS) is 11.1. The Bertz CT molecular complexity index is 490. The van der Waals surface area contributed by atoms with E-state index >= 15 is 0 Å². The van der Waals surface area contributed by atoms with Crippen LogP contribution >= 0.6 is 0 Å². The van der Waals surface area contributed by atoms with Gasteiger partial charge < -0.3 is 10.7 Å². The number of aromatic amines is 1. The van der Waals surface area contributed by atoms with Crippen molar-refractivity contribution in [3.8, 4) is 0 Å². The molecule has 1 aromatic carbocycles. The molecule has 0 aliphatic carbocycles. The van der Waals surface area contributed by atoms with Crippen LogP contribution in [0.4, 0.5) is 13.2 Å². The molecule has 0 fully saturated rings. The number of benzene rings is 1. The van der Waals surface area contributed by atoms with Gasteiger partial charge in [0.25, 0.3) is 0 Å². The van der Waals surface area contributed by atoms with Crippen molar-refractivity contribution in [1.29, 1.82) is 0 Å². The van der Waals surface area contributed by atoms with Gasteiger partial charge in [-0.3, -0.25) is 0 Å². The lowest BCUT2D eigenvalue weighted by molar-refractivity contribution is 0.453. The first-order chi connectivity index (χ1) is 6.63. The van der Waals surface area contributed by atoms with Crippen molar-refractivity contribution in [1.82, 2.24) is 4.98 Å². The molecular weight excluding hydrogens is 193 g/mol. The summed E-state index contributed by atoms with van der Waals surface area (Å²) in [6, 6.07) is 2.28. The number of nitrogens with two attached hydrogens (primary N) is 1. The van der Waals surface area contributed by atoms with E-state index in [4.69, 9.17) is 5.73 Å². The summed E-state index contributed by atoms with van der Waals surface area (Å²) in [7, 11) is 0. The summed E-state index contributed by atoms with van der Waals surface area (Å²) in [5.41, 5.74) is 6.04. The van der Waals surface area contributed by atoms with Crippen LogP contribution in [0, 0.1) is 17.5 Å². The Morgan fingerprint density at radius 1 is 1.14 bits per heavy atom. The Morgan fingerprint density at radius 2 is 1.86 bits per heavy atom. The van der Waals surface area contributed by atoms with E-state index in [0.717, 1.165) is 6.07 Å². The maximum absolute atomic E-state index is 13.1. The van der Waals surface area contributed by atoms with Crippen LogP contribution in [0.5, 0.6) is 0 Å². The number of fused-ring (bicyclic) bond motifs is 1. The maximum Gasteiger partial charge on any atom is 0.195 e. The Balaban J connectivity index is 2.81. The monoisotopic (exact) mass is 200 g/mol. The predicted molar refractivity (Wildman–Crippen MR) is 46.1 cm³/mol. The van der Waals surface area contributed by atoms with E-state index in [2.05, 4.69) is 4.98 Å². The van der Waals surface area contributed by atoms with Gasteiger partial charge in [-0.2, -0.15) is 0 Å². The van der Waals surface area contributed by atoms with Crippen molar-refractivity contribution in [3.63, 3.8) is 0 Å². The topological polar surface area (TPSA) is 41.8 Å². The van der Waals surface area contributed by atoms with Crippen LogP contribution in [-0.4, -0.2) is 4.98 Å². The van der Waals surface area contributed by atoms with Crippen LogP contribution in [0.2, 0.25) is 0 Å². The zero-order valence-corrected chi connectivity index (χ0v) is 7.07. The quantitative estimate of drug-likeness (QED) is 0.679. The standard InChI is InChI=1S/C9H7F3N2/c10-6-2-7-5(8(11)9(6)12)1-4(3-13)14-7/h1-2,14H,3,13H2. The second-order valence-corrected chi connectivity index (χ2v) is 2.95. The molecule has 0 spiro atoms. The van der Waals surface area contributed by atoms with E-state index in [1.54, 1.807) is 0 Å². The zero-order valence-electron chi connectivity index (χ0n) is 7.07. The molecule has 1 heterocycles. The highest BCUT2D eigenvalue weighted by atomic mass is 19.2. The van der Waals surface area contributed by atoms with Gasteiger partial charge in [0.15, 0.2) is 17.5 Å². The zero-order chi connectivity index (χ0) is 10.3. The molecule has 3 N–H and O–H groups in total. The number of halogens is 3. The number of aromatic nitrogens is 1. The summed E-state index contributed by atoms with van der Waals surface area (Å²) < 4.78 is 38.7. The first kappa shape index (κ1) is 9.08. The van der Waals surface area contributed by atoms with Crippen LogP contribution in [0.25, 0.3) is 10.9 Å². The number of hydrogen-bond acceptors (Lipinski definition) is 1. The first-order valence-corrected chi connectivity index (χ1v) is 3.98. The molecule has 0 radical (unpaired) electrons. The second-order valence-electron chi connectivity index (χ2n) is 2.95. The molecular formula is C9H7F3N2. The molecule has 2 rings (SSSR count). The molecule has 0 atom stereocenters. The molecule has 1 aromatic heterocycles. The highest BCUT2D eigenvalue weighted by molar-refractivity contribution is 5.81. The molecule has 0 aliphatic heterocycles. The third kappa shape index (κ3) is 1.17. The van der Waals surface area contributed by atoms with Gasteiger partial charge in [0, 0.05) is 23.7 Å². The summed E-state index contributed by atoms with van der Waals surface area (Å²) in [4.78, 5) is 2.68. The number of rotatable bonds is 1. The minimum atomic E-state index is -1.46. The summed E-state index contributed by atoms with van der Waals surface area (Å²) in [6.45, 7) is 0.164. The Morgan fingerprint density at radius 3 is 2.50 bits per heavy atom. The smallest absolute Gasteiger partial charge is 0.195 e. The van der Waals surface area contributed by atoms with Crippen LogP contribution < -0.4 is 5.73 Å². The van der Waals surface area contributed by atoms with Gasteiger partial charge in [0.1, 0.15) is 0 Å². The van der Waals surface area contributed by atoms with Gasteiger partial charge in [0.05, 0.1) is 5.52 Å². The number of hydrogen-bond donors (Lipinski definition) is 2. The van der Waals surface area contributed by atoms with Crippen molar-refractivity contribution < 1.29 is 13.2 Å². The average Bonchev–Trinajstić information content (AvgIpc) is 2.57. The highest BCUT2D eigenvalue weighted by Gasteiger charge is 2.14. The lowest BCUT2D eigenvalue weighted by Gasteiger charge is -1.95. The molecule has 2 aromatic rings. The molecule has 14 heavy (non-hydrogen) atoms. The maximum atomic E-state index is 13.1. The van der Waals surface area contributed by atoms with E-state index in [1.807, 2.05) is 0 Å². The molecule has 2 nitrogen and oxygen atoms in total. The van der Waals surface area contributed by atoms with Crippen molar-refractivity contribution in [2.24, 2.45) is 5.73 Å². The molecule has 74 valence electrons. The van der Waals surface area contributed by atoms with Crippen LogP contribution in [0.15, 0.2) is 12.1 Å². The molecule has 0 saturated heterocycles. The van der Waals surface area contributed by atoms with E-state index < -0.39 is 17.5 Å². The molecule has 5 heteroatoms. The van der Waals surface area contributed by atoms with Crippen molar-refractivity contribution in [2.75, 3.05) is 0 Å². The summed E-state index contributed by atoms with van der Waals surface area (Å²) >= 11 is 0. The van der Waals surface area contributed by atoms with Crippen molar-refractivity contribution in [3.05, 3.63) is 35.3 Å². The fraction of sp³-hybridized carbons (Fsp3) is 0.111. The molecule has 0 aliphatic rings. The lowest BCUT2D eigenvalue weighted by Crippen LogP contribution is -1.94. The van der Waals surface area contributed by atoms with Crippen LogP contribution in [0.1, 0.15) is 5.69 Å². The molecule has 0 amide bonds. The number of H-pyrrole nitrogens is 1. The van der Waals surface area contributed by atoms with E-state index in [9.17, 15) is 13.2 Å². The lowest BCUT2D eigenvalue weighted by atomic mass is 10.2. The van der Waals surface area contributed by atoms with E-state index in [0.29, 0.717) is 5.69 Å². The predicted octanol–water partition coefficient (Wildman–Crippen LogP) is 2.04. The fourth-order valence-corrected chi connectivity index (χ4v) is 1.35. The fourth-order valence-electron chi connectivity index (χ4n) is 1.35. The van der Waals surface area contributed by atoms with Gasteiger partial charge in [-0.15, -0.1) is 0 Å². The Labute approximate surface area is 77.5 Å². The Kier molecular flexibility index (Phi) is 1.96. The summed E-state index contributed by atoms with van der Waals surface area (Å²) in [6.07, 6.45) is 0. The number of nitrogens with one attached hydrogen (secondary N) is 1. The van der Waals surface area contributed by atoms with Gasteiger partial charge >= 0.3 is 0 Å². The molecule has 0 unspecified atom stereocenters. The van der Waals surface area contributed by atoms with E-state index in [-0.39, 0.29) is 17.4 Å². The third-order valence-corrected chi connectivity index (χ3v) is 2.03. The largest absolute Gasteiger partial charge is 0.357 e. The minimum absolute atomic E-state index is 0.0179. The molecule has 0 bridgehead atoms. The minimum Gasteiger partial charge on any atom is -0.357 e. The third-order valence-electron chi connectivity index (χ3n) is 2.03. The first-order valence-electron chi connectivity index (χ1n) is 3.98. The average molecular weight is 200 g/mol. The Hall–Kier alpha value is -1.49. The van der Waals surface area contributed by atoms with Gasteiger partial charge in [0.2, 0.25) is 0 Å². The SMILES string of the molecule is NCc1cc2c(F)c(F)c(F)cc2[nH]1. The van der Waals surface area contributed by atoms with E-state index in [1.165, 1.54) is 6.07 Å². The summed E-state index contributed by atoms with van der Waals surface area (Å²) in [5, 5.41) is 0.0179. The van der Waals surface area contributed by atoms with Crippen LogP contribution in [0.3, 0.4) is 0 Å². The molecule has 0 saturated carbocycles. The van der Waals surface area contributed by atoms with Gasteiger partial charge in [-0.1, -0.05) is 0 Å². The second kappa shape index (κ2) is 3.02. The van der Waals surface area contributed by atoms with Gasteiger partial charge in [-0.25, -0.2) is 13.2 Å². The summed E-state index contributed by atoms with van der Waals surface area (Å²) in [5.74, 6) is -3.85. The van der Waals surface area contributed by atoms with Crippen LogP contribution in [-0.2, 0) is 6.54 Å². The van der Waals surface area contributed by atoms with Crippen molar-refractivity contribution in [2.45, 2.75) is 6.54 Å². The van der Waals surface area contributed by atoms with Gasteiger partial charge in [-0.05, 0) is 6.07 Å². The highest BCUT2D eigenvalue weighted by Crippen LogP contribution is 2.23.